The Balaban J connectivity index is 0.000000575. The lowest BCUT2D eigenvalue weighted by Gasteiger charge is -2.15. The molecule has 0 spiro atoms. The number of nitrogens with zero attached hydrogens (tertiary/aromatic N) is 3. The van der Waals surface area contributed by atoms with E-state index in [0.29, 0.717) is 29.5 Å². The maximum atomic E-state index is 12.8. The van der Waals surface area contributed by atoms with E-state index in [4.69, 9.17) is 4.42 Å². The standard InChI is InChI=1S/C26H33N5O3.C7H8/c1-18(2)23-11-20(14-28-15-23)13-27-9-6-10-29-25(32)21-7-5-8-22(12-21)26(33)31(4)16-24-30-19(3)17-34-24;1-7-5-3-2-4-6-7/h5,7-8,11-12,14-15,17-18,27H,6,9-10,13,16H2,1-4H3,(H,29,32);2-6H,1H3. The molecule has 0 aliphatic heterocycles. The number of hydrogen-bond acceptors (Lipinski definition) is 6. The predicted molar refractivity (Wildman–Crippen MR) is 162 cm³/mol. The molecular formula is C33H41N5O3. The summed E-state index contributed by atoms with van der Waals surface area (Å²) >= 11 is 0. The van der Waals surface area contributed by atoms with E-state index in [1.54, 1.807) is 37.6 Å². The normalized spacial score (nSPS) is 10.6. The second kappa shape index (κ2) is 16.1. The minimum Gasteiger partial charge on any atom is -0.447 e. The van der Waals surface area contributed by atoms with Crippen LogP contribution in [0.2, 0.25) is 0 Å². The zero-order valence-electron chi connectivity index (χ0n) is 24.7. The first-order valence-electron chi connectivity index (χ1n) is 13.9. The molecule has 4 aromatic rings. The molecule has 8 nitrogen and oxygen atoms in total. The van der Waals surface area contributed by atoms with Gasteiger partial charge in [0.15, 0.2) is 0 Å². The topological polar surface area (TPSA) is 100 Å². The predicted octanol–water partition coefficient (Wildman–Crippen LogP) is 5.68. The number of oxazole rings is 1. The van der Waals surface area contributed by atoms with Crippen molar-refractivity contribution in [3.05, 3.63) is 119 Å². The van der Waals surface area contributed by atoms with Crippen LogP contribution in [-0.4, -0.2) is 46.8 Å². The van der Waals surface area contributed by atoms with Gasteiger partial charge in [0.1, 0.15) is 6.26 Å². The number of pyridine rings is 1. The van der Waals surface area contributed by atoms with Gasteiger partial charge < -0.3 is 20.0 Å². The van der Waals surface area contributed by atoms with Crippen molar-refractivity contribution >= 4 is 11.8 Å². The van der Waals surface area contributed by atoms with Gasteiger partial charge in [0, 0.05) is 43.7 Å². The fourth-order valence-electron chi connectivity index (χ4n) is 3.97. The molecule has 41 heavy (non-hydrogen) atoms. The molecule has 2 aromatic heterocycles. The number of benzene rings is 2. The van der Waals surface area contributed by atoms with Gasteiger partial charge in [-0.2, -0.15) is 0 Å². The van der Waals surface area contributed by atoms with Gasteiger partial charge in [-0.3, -0.25) is 14.6 Å². The summed E-state index contributed by atoms with van der Waals surface area (Å²) < 4.78 is 5.32. The number of hydrogen-bond donors (Lipinski definition) is 2. The van der Waals surface area contributed by atoms with Crippen LogP contribution in [-0.2, 0) is 13.1 Å². The van der Waals surface area contributed by atoms with Crippen LogP contribution in [0.1, 0.15) is 75.2 Å². The smallest absolute Gasteiger partial charge is 0.254 e. The monoisotopic (exact) mass is 555 g/mol. The SMILES string of the molecule is Cc1ccccc1.Cc1coc(CN(C)C(=O)c2cccc(C(=O)NCCCNCc3cncc(C(C)C)c3)c2)n1. The van der Waals surface area contributed by atoms with Crippen molar-refractivity contribution in [2.24, 2.45) is 0 Å². The van der Waals surface area contributed by atoms with Crippen LogP contribution >= 0.6 is 0 Å². The van der Waals surface area contributed by atoms with Crippen LogP contribution in [0, 0.1) is 13.8 Å². The summed E-state index contributed by atoms with van der Waals surface area (Å²) in [6.45, 7) is 10.5. The highest BCUT2D eigenvalue weighted by atomic mass is 16.3. The Morgan fingerprint density at radius 3 is 2.37 bits per heavy atom. The molecule has 0 bridgehead atoms. The van der Waals surface area contributed by atoms with Gasteiger partial charge in [0.05, 0.1) is 12.2 Å². The lowest BCUT2D eigenvalue weighted by atomic mass is 10.0. The van der Waals surface area contributed by atoms with Gasteiger partial charge in [0.25, 0.3) is 11.8 Å². The minimum absolute atomic E-state index is 0.200. The lowest BCUT2D eigenvalue weighted by Crippen LogP contribution is -2.28. The molecule has 0 saturated carbocycles. The van der Waals surface area contributed by atoms with Gasteiger partial charge in [0.2, 0.25) is 5.89 Å². The first kappa shape index (κ1) is 31.2. The van der Waals surface area contributed by atoms with E-state index in [0.717, 1.165) is 30.8 Å². The second-order valence-electron chi connectivity index (χ2n) is 10.3. The van der Waals surface area contributed by atoms with Crippen LogP contribution in [0.5, 0.6) is 0 Å². The van der Waals surface area contributed by atoms with E-state index in [-0.39, 0.29) is 18.4 Å². The van der Waals surface area contributed by atoms with Crippen LogP contribution in [0.3, 0.4) is 0 Å². The number of amides is 2. The molecule has 0 saturated heterocycles. The summed E-state index contributed by atoms with van der Waals surface area (Å²) in [7, 11) is 1.68. The molecule has 0 aliphatic carbocycles. The van der Waals surface area contributed by atoms with Gasteiger partial charge in [-0.1, -0.05) is 61.9 Å². The van der Waals surface area contributed by atoms with Crippen molar-refractivity contribution in [1.82, 2.24) is 25.5 Å². The molecular weight excluding hydrogens is 514 g/mol. The Labute approximate surface area is 243 Å². The number of carbonyl (C=O) groups excluding carboxylic acids is 2. The van der Waals surface area contributed by atoms with E-state index in [9.17, 15) is 9.59 Å². The largest absolute Gasteiger partial charge is 0.447 e. The molecule has 0 unspecified atom stereocenters. The maximum Gasteiger partial charge on any atom is 0.254 e. The van der Waals surface area contributed by atoms with E-state index in [2.05, 4.69) is 59.6 Å². The summed E-state index contributed by atoms with van der Waals surface area (Å²) in [5.41, 5.74) is 5.36. The van der Waals surface area contributed by atoms with Gasteiger partial charge in [-0.05, 0) is 62.1 Å². The number of aromatic nitrogens is 2. The third-order valence-electron chi connectivity index (χ3n) is 6.33. The van der Waals surface area contributed by atoms with Gasteiger partial charge >= 0.3 is 0 Å². The highest BCUT2D eigenvalue weighted by Gasteiger charge is 2.16. The van der Waals surface area contributed by atoms with E-state index in [1.165, 1.54) is 16.0 Å². The van der Waals surface area contributed by atoms with Crippen molar-refractivity contribution in [1.29, 1.82) is 0 Å². The molecule has 0 radical (unpaired) electrons. The zero-order chi connectivity index (χ0) is 29.6. The summed E-state index contributed by atoms with van der Waals surface area (Å²) in [4.78, 5) is 35.3. The maximum absolute atomic E-state index is 12.8. The molecule has 0 atom stereocenters. The third kappa shape index (κ3) is 10.7. The van der Waals surface area contributed by atoms with Crippen molar-refractivity contribution in [3.63, 3.8) is 0 Å². The zero-order valence-corrected chi connectivity index (χ0v) is 24.7. The second-order valence-corrected chi connectivity index (χ2v) is 10.3. The highest BCUT2D eigenvalue weighted by molar-refractivity contribution is 5.99. The Hall–Kier alpha value is -4.30. The number of carbonyl (C=O) groups is 2. The van der Waals surface area contributed by atoms with Crippen LogP contribution in [0.15, 0.2) is 83.7 Å². The fraction of sp³-hybridized carbons (Fsp3) is 0.333. The number of aryl methyl sites for hydroxylation is 2. The highest BCUT2D eigenvalue weighted by Crippen LogP contribution is 2.14. The minimum atomic E-state index is -0.203. The molecule has 4 rings (SSSR count). The summed E-state index contributed by atoms with van der Waals surface area (Å²) in [5, 5.41) is 6.30. The van der Waals surface area contributed by atoms with Crippen molar-refractivity contribution in [3.8, 4) is 0 Å². The van der Waals surface area contributed by atoms with E-state index < -0.39 is 0 Å². The Bertz CT molecular complexity index is 1380. The summed E-state index contributed by atoms with van der Waals surface area (Å²) in [5.74, 6) is 0.522. The Morgan fingerprint density at radius 2 is 1.71 bits per heavy atom. The summed E-state index contributed by atoms with van der Waals surface area (Å²) in [6, 6.07) is 19.2. The van der Waals surface area contributed by atoms with Crippen LogP contribution in [0.25, 0.3) is 0 Å². The lowest BCUT2D eigenvalue weighted by molar-refractivity contribution is 0.0773. The quantitative estimate of drug-likeness (QED) is 0.231. The molecule has 2 amide bonds. The Kier molecular flexibility index (Phi) is 12.3. The van der Waals surface area contributed by atoms with Crippen LogP contribution in [0.4, 0.5) is 0 Å². The van der Waals surface area contributed by atoms with Gasteiger partial charge in [-0.25, -0.2) is 4.98 Å². The van der Waals surface area contributed by atoms with Crippen molar-refractivity contribution < 1.29 is 14.0 Å². The first-order chi connectivity index (χ1) is 19.7. The average Bonchev–Trinajstić information content (AvgIpc) is 3.39. The molecule has 2 N–H and O–H groups in total. The van der Waals surface area contributed by atoms with Crippen molar-refractivity contribution in [2.75, 3.05) is 20.1 Å². The molecule has 216 valence electrons. The van der Waals surface area contributed by atoms with Crippen LogP contribution < -0.4 is 10.6 Å². The molecule has 0 fully saturated rings. The van der Waals surface area contributed by atoms with E-state index >= 15 is 0 Å². The molecule has 8 heteroatoms. The Morgan fingerprint density at radius 1 is 0.951 bits per heavy atom. The molecule has 0 aliphatic rings. The van der Waals surface area contributed by atoms with E-state index in [1.807, 2.05) is 37.5 Å². The molecule has 2 aromatic carbocycles. The number of nitrogens with one attached hydrogen (secondary N) is 2. The fourth-order valence-corrected chi connectivity index (χ4v) is 3.97. The van der Waals surface area contributed by atoms with Gasteiger partial charge in [-0.15, -0.1) is 0 Å². The van der Waals surface area contributed by atoms with Crippen molar-refractivity contribution in [2.45, 2.75) is 53.1 Å². The average molecular weight is 556 g/mol. The molecule has 2 heterocycles. The first-order valence-corrected chi connectivity index (χ1v) is 13.9. The summed E-state index contributed by atoms with van der Waals surface area (Å²) in [6.07, 6.45) is 6.12. The number of rotatable bonds is 11. The third-order valence-corrected chi connectivity index (χ3v) is 6.33.